The average molecular weight is 632 g/mol. The lowest BCUT2D eigenvalue weighted by Crippen LogP contribution is -2.36. The van der Waals surface area contributed by atoms with Crippen molar-refractivity contribution in [2.24, 2.45) is 5.92 Å². The number of rotatable bonds is 10. The van der Waals surface area contributed by atoms with Crippen molar-refractivity contribution in [1.82, 2.24) is 30.2 Å². The van der Waals surface area contributed by atoms with Crippen LogP contribution < -0.4 is 15.5 Å². The number of unbranched alkanes of at least 4 members (excludes halogenated alkanes) is 1. The first-order valence-corrected chi connectivity index (χ1v) is 16.6. The van der Waals surface area contributed by atoms with E-state index in [1.807, 2.05) is 54.2 Å². The fourth-order valence-corrected chi connectivity index (χ4v) is 8.66. The molecule has 3 amide bonds. The van der Waals surface area contributed by atoms with Gasteiger partial charge in [0.05, 0.1) is 37.1 Å². The number of fused-ring (bicyclic) bond motifs is 3. The number of anilines is 1. The standard InChI is InChI=1S/C32H37N7O5S/c40-14-20-12-23(29(43)28(20)42)39-17-35-27-30(33-16-34-31(27)39)38(13-19-8-5-7-18-6-1-2-9-21(18)19)25(41)11-4-3-10-24-26-22(15-45-24)36-32(44)37-26/h1-2,5-9,16-17,20,22-24,26,28-29,40,42-43H,3-4,10-15H2,(H2,36,37,44)/t20-,22+,23-,24+,26+,28-,29+/m1/s1. The van der Waals surface area contributed by atoms with Crippen LogP contribution in [0.4, 0.5) is 10.6 Å². The predicted octanol–water partition coefficient (Wildman–Crippen LogP) is 2.51. The van der Waals surface area contributed by atoms with Crippen LogP contribution in [0.3, 0.4) is 0 Å². The van der Waals surface area contributed by atoms with Crippen molar-refractivity contribution in [1.29, 1.82) is 0 Å². The van der Waals surface area contributed by atoms with E-state index in [2.05, 4.69) is 25.6 Å². The third-order valence-electron chi connectivity index (χ3n) is 9.54. The number of nitrogens with one attached hydrogen (secondary N) is 2. The molecular formula is C32H37N7O5S. The van der Waals surface area contributed by atoms with Crippen LogP contribution in [0.2, 0.25) is 0 Å². The number of aliphatic hydroxyl groups excluding tert-OH is 3. The maximum atomic E-state index is 14.0. The number of thioether (sulfide) groups is 1. The zero-order chi connectivity index (χ0) is 31.1. The van der Waals surface area contributed by atoms with E-state index in [9.17, 15) is 24.9 Å². The Morgan fingerprint density at radius 1 is 1.04 bits per heavy atom. The van der Waals surface area contributed by atoms with Crippen LogP contribution in [0.1, 0.15) is 43.7 Å². The van der Waals surface area contributed by atoms with Gasteiger partial charge in [0.15, 0.2) is 17.0 Å². The molecular weight excluding hydrogens is 594 g/mol. The molecule has 3 fully saturated rings. The molecule has 12 nitrogen and oxygen atoms in total. The lowest BCUT2D eigenvalue weighted by molar-refractivity contribution is -0.118. The van der Waals surface area contributed by atoms with Crippen molar-refractivity contribution in [3.8, 4) is 0 Å². The Kier molecular flexibility index (Phi) is 8.34. The highest BCUT2D eigenvalue weighted by Gasteiger charge is 2.43. The zero-order valence-corrected chi connectivity index (χ0v) is 25.5. The lowest BCUT2D eigenvalue weighted by Gasteiger charge is -2.24. The van der Waals surface area contributed by atoms with Gasteiger partial charge in [-0.3, -0.25) is 9.69 Å². The summed E-state index contributed by atoms with van der Waals surface area (Å²) in [6, 6.07) is 13.8. The Labute approximate surface area is 264 Å². The molecule has 2 aliphatic heterocycles. The maximum Gasteiger partial charge on any atom is 0.315 e. The molecule has 4 aromatic rings. The van der Waals surface area contributed by atoms with E-state index in [1.165, 1.54) is 6.33 Å². The number of hydrogen-bond acceptors (Lipinski definition) is 9. The van der Waals surface area contributed by atoms with Crippen LogP contribution in [0.15, 0.2) is 55.1 Å². The molecule has 1 saturated carbocycles. The summed E-state index contributed by atoms with van der Waals surface area (Å²) >= 11 is 1.87. The Bertz CT molecular complexity index is 1710. The number of carbonyl (C=O) groups is 2. The summed E-state index contributed by atoms with van der Waals surface area (Å²) in [5.74, 6) is 0.752. The number of nitrogens with zero attached hydrogens (tertiary/aromatic N) is 5. The Balaban J connectivity index is 1.15. The summed E-state index contributed by atoms with van der Waals surface area (Å²) < 4.78 is 1.72. The van der Waals surface area contributed by atoms with Gasteiger partial charge in [0.25, 0.3) is 0 Å². The van der Waals surface area contributed by atoms with Crippen LogP contribution in [-0.2, 0) is 11.3 Å². The van der Waals surface area contributed by atoms with Crippen LogP contribution in [0, 0.1) is 5.92 Å². The highest BCUT2D eigenvalue weighted by Crippen LogP contribution is 2.38. The van der Waals surface area contributed by atoms with Gasteiger partial charge in [-0.05, 0) is 35.6 Å². The van der Waals surface area contributed by atoms with Crippen LogP contribution >= 0.6 is 11.8 Å². The van der Waals surface area contributed by atoms with E-state index in [4.69, 9.17) is 0 Å². The third-order valence-corrected chi connectivity index (χ3v) is 11.0. The van der Waals surface area contributed by atoms with Gasteiger partial charge in [-0.2, -0.15) is 11.8 Å². The second kappa shape index (κ2) is 12.5. The molecule has 2 saturated heterocycles. The molecule has 0 unspecified atom stereocenters. The molecule has 1 aliphatic carbocycles. The van der Waals surface area contributed by atoms with E-state index >= 15 is 0 Å². The van der Waals surface area contributed by atoms with Gasteiger partial charge in [0.1, 0.15) is 12.4 Å². The summed E-state index contributed by atoms with van der Waals surface area (Å²) in [5, 5.41) is 39.4. The highest BCUT2D eigenvalue weighted by atomic mass is 32.2. The van der Waals surface area contributed by atoms with Crippen LogP contribution in [0.5, 0.6) is 0 Å². The fourth-order valence-electron chi connectivity index (χ4n) is 7.12. The molecule has 7 atom stereocenters. The molecule has 45 heavy (non-hydrogen) atoms. The first kappa shape index (κ1) is 29.9. The normalized spacial score (nSPS) is 27.5. The van der Waals surface area contributed by atoms with E-state index in [-0.39, 0.29) is 37.2 Å². The smallest absolute Gasteiger partial charge is 0.315 e. The first-order chi connectivity index (χ1) is 21.9. The summed E-state index contributed by atoms with van der Waals surface area (Å²) in [7, 11) is 0. The van der Waals surface area contributed by atoms with Crippen LogP contribution in [0.25, 0.3) is 21.9 Å². The number of hydrogen-bond donors (Lipinski definition) is 5. The number of benzene rings is 2. The molecule has 0 spiro atoms. The molecule has 236 valence electrons. The first-order valence-electron chi connectivity index (χ1n) is 15.5. The molecule has 0 bridgehead atoms. The van der Waals surface area contributed by atoms with Gasteiger partial charge in [0.2, 0.25) is 5.91 Å². The molecule has 13 heteroatoms. The molecule has 2 aromatic carbocycles. The number of amides is 3. The van der Waals surface area contributed by atoms with E-state index in [0.29, 0.717) is 41.5 Å². The van der Waals surface area contributed by atoms with Crippen molar-refractivity contribution < 1.29 is 24.9 Å². The number of aromatic nitrogens is 4. The van der Waals surface area contributed by atoms with Crippen molar-refractivity contribution >= 4 is 51.5 Å². The van der Waals surface area contributed by atoms with Gasteiger partial charge in [-0.15, -0.1) is 0 Å². The van der Waals surface area contributed by atoms with Crippen molar-refractivity contribution in [2.45, 2.75) is 74.2 Å². The van der Waals surface area contributed by atoms with Gasteiger partial charge in [0, 0.05) is 29.9 Å². The fraction of sp³-hybridized carbons (Fsp3) is 0.469. The lowest BCUT2D eigenvalue weighted by atomic mass is 10.0. The number of imidazole rings is 1. The molecule has 3 aliphatic rings. The predicted molar refractivity (Wildman–Crippen MR) is 171 cm³/mol. The van der Waals surface area contributed by atoms with E-state index < -0.39 is 24.2 Å². The Hall–Kier alpha value is -3.78. The van der Waals surface area contributed by atoms with Gasteiger partial charge in [-0.1, -0.05) is 48.9 Å². The second-order valence-electron chi connectivity index (χ2n) is 12.2. The Morgan fingerprint density at radius 3 is 2.73 bits per heavy atom. The summed E-state index contributed by atoms with van der Waals surface area (Å²) in [6.07, 6.45) is 3.96. The second-order valence-corrected chi connectivity index (χ2v) is 13.5. The van der Waals surface area contributed by atoms with Crippen molar-refractivity contribution in [2.75, 3.05) is 17.3 Å². The number of aliphatic hydroxyl groups is 3. The van der Waals surface area contributed by atoms with Gasteiger partial charge < -0.3 is 30.5 Å². The number of urea groups is 1. The minimum atomic E-state index is -1.09. The molecule has 0 radical (unpaired) electrons. The minimum Gasteiger partial charge on any atom is -0.396 e. The highest BCUT2D eigenvalue weighted by molar-refractivity contribution is 8.00. The maximum absolute atomic E-state index is 14.0. The Morgan fingerprint density at radius 2 is 1.89 bits per heavy atom. The minimum absolute atomic E-state index is 0.0815. The van der Waals surface area contributed by atoms with Crippen molar-refractivity contribution in [3.05, 3.63) is 60.7 Å². The zero-order valence-electron chi connectivity index (χ0n) is 24.7. The average Bonchev–Trinajstić information content (AvgIpc) is 3.81. The summed E-state index contributed by atoms with van der Waals surface area (Å²) in [4.78, 5) is 41.1. The topological polar surface area (TPSA) is 166 Å². The SMILES string of the molecule is O=C1N[C@H]2[C@H](CS[C@H]2CCCCC(=O)N(Cc2cccc3ccccc23)c2ncnc3c2ncn3[C@@H]2C[C@H](CO)[C@@H](O)[C@H]2O)N1. The molecule has 7 rings (SSSR count). The van der Waals surface area contributed by atoms with Crippen LogP contribution in [-0.4, -0.2) is 88.7 Å². The van der Waals surface area contributed by atoms with E-state index in [0.717, 1.165) is 34.9 Å². The van der Waals surface area contributed by atoms with Gasteiger partial charge >= 0.3 is 6.03 Å². The third kappa shape index (κ3) is 5.62. The molecule has 5 N–H and O–H groups in total. The summed E-state index contributed by atoms with van der Waals surface area (Å²) in [6.45, 7) is 0.0531. The quantitative estimate of drug-likeness (QED) is 0.131. The molecule has 4 heterocycles. The number of carbonyl (C=O) groups excluding carboxylic acids is 2. The van der Waals surface area contributed by atoms with Crippen molar-refractivity contribution in [3.63, 3.8) is 0 Å². The van der Waals surface area contributed by atoms with E-state index in [1.54, 1.807) is 15.8 Å². The molecule has 2 aromatic heterocycles. The van der Waals surface area contributed by atoms with Gasteiger partial charge in [-0.25, -0.2) is 19.7 Å². The largest absolute Gasteiger partial charge is 0.396 e. The monoisotopic (exact) mass is 631 g/mol. The summed E-state index contributed by atoms with van der Waals surface area (Å²) in [5.41, 5.74) is 1.86.